The molecule has 0 bridgehead atoms. The number of nitrogens with zero attached hydrogens (tertiary/aromatic N) is 1. The van der Waals surface area contributed by atoms with E-state index in [0.29, 0.717) is 54.0 Å². The summed E-state index contributed by atoms with van der Waals surface area (Å²) in [5, 5.41) is 0.469. The maximum Gasteiger partial charge on any atom is 0.338 e. The van der Waals surface area contributed by atoms with Crippen molar-refractivity contribution >= 4 is 16.9 Å². The van der Waals surface area contributed by atoms with Crippen LogP contribution in [0, 0.1) is 6.92 Å². The summed E-state index contributed by atoms with van der Waals surface area (Å²) in [6.45, 7) is 5.31. The van der Waals surface area contributed by atoms with Gasteiger partial charge in [-0.15, -0.1) is 0 Å². The standard InChI is InChI=1S/C27H29NO6/c1-3-14-31-27(30)18-8-10-20(11-9-18)34-25-17(2)33-26-21(24(25)29)12-13-23-22(26)15-28(16-32-23)19-6-4-5-7-19/h8-13,19H,3-7,14-16H2,1-2H3. The lowest BCUT2D eigenvalue weighted by Crippen LogP contribution is -2.39. The zero-order valence-corrected chi connectivity index (χ0v) is 19.6. The minimum atomic E-state index is -0.381. The second kappa shape index (κ2) is 9.50. The summed E-state index contributed by atoms with van der Waals surface area (Å²) in [7, 11) is 0. The SMILES string of the molecule is CCCOC(=O)c1ccc(Oc2c(C)oc3c4c(ccc3c2=O)OCN(C2CCCC2)C4)cc1. The molecule has 1 aromatic heterocycles. The number of carbonyl (C=O) groups is 1. The molecule has 7 heteroatoms. The second-order valence-electron chi connectivity index (χ2n) is 8.96. The van der Waals surface area contributed by atoms with Gasteiger partial charge in [0.15, 0.2) is 0 Å². The van der Waals surface area contributed by atoms with Crippen LogP contribution < -0.4 is 14.9 Å². The van der Waals surface area contributed by atoms with Crippen LogP contribution in [0.25, 0.3) is 11.0 Å². The first-order chi connectivity index (χ1) is 16.5. The predicted octanol–water partition coefficient (Wildman–Crippen LogP) is 5.56. The van der Waals surface area contributed by atoms with Crippen molar-refractivity contribution in [1.29, 1.82) is 0 Å². The molecule has 1 aliphatic heterocycles. The highest BCUT2D eigenvalue weighted by molar-refractivity contribution is 5.89. The summed E-state index contributed by atoms with van der Waals surface area (Å²) in [6.07, 6.45) is 5.62. The zero-order chi connectivity index (χ0) is 23.7. The first-order valence-electron chi connectivity index (χ1n) is 12.0. The minimum Gasteiger partial charge on any atom is -0.478 e. The Morgan fingerprint density at radius 2 is 1.88 bits per heavy atom. The molecule has 178 valence electrons. The normalized spacial score (nSPS) is 16.3. The number of hydrogen-bond donors (Lipinski definition) is 0. The molecule has 1 saturated carbocycles. The maximum atomic E-state index is 13.4. The van der Waals surface area contributed by atoms with Crippen LogP contribution in [-0.4, -0.2) is 30.2 Å². The highest BCUT2D eigenvalue weighted by Crippen LogP contribution is 2.36. The van der Waals surface area contributed by atoms with Crippen molar-refractivity contribution in [2.75, 3.05) is 13.3 Å². The lowest BCUT2D eigenvalue weighted by Gasteiger charge is -2.33. The van der Waals surface area contributed by atoms with Crippen LogP contribution in [0.1, 0.15) is 60.7 Å². The molecule has 1 fully saturated rings. The quantitative estimate of drug-likeness (QED) is 0.443. The highest BCUT2D eigenvalue weighted by Gasteiger charge is 2.29. The van der Waals surface area contributed by atoms with Gasteiger partial charge in [0.25, 0.3) is 0 Å². The molecule has 0 unspecified atom stereocenters. The Morgan fingerprint density at radius 1 is 1.12 bits per heavy atom. The number of hydrogen-bond acceptors (Lipinski definition) is 7. The largest absolute Gasteiger partial charge is 0.478 e. The van der Waals surface area contributed by atoms with Gasteiger partial charge in [0.2, 0.25) is 11.2 Å². The molecule has 0 amide bonds. The topological polar surface area (TPSA) is 78.2 Å². The summed E-state index contributed by atoms with van der Waals surface area (Å²) in [5.41, 5.74) is 1.67. The van der Waals surface area contributed by atoms with Crippen LogP contribution >= 0.6 is 0 Å². The van der Waals surface area contributed by atoms with Crippen LogP contribution in [0.15, 0.2) is 45.6 Å². The summed E-state index contributed by atoms with van der Waals surface area (Å²) < 4.78 is 23.2. The van der Waals surface area contributed by atoms with E-state index in [9.17, 15) is 9.59 Å². The number of ether oxygens (including phenoxy) is 3. The monoisotopic (exact) mass is 463 g/mol. The van der Waals surface area contributed by atoms with Gasteiger partial charge in [-0.2, -0.15) is 0 Å². The fourth-order valence-corrected chi connectivity index (χ4v) is 4.75. The van der Waals surface area contributed by atoms with E-state index >= 15 is 0 Å². The molecule has 0 radical (unpaired) electrons. The van der Waals surface area contributed by atoms with Crippen molar-refractivity contribution in [2.24, 2.45) is 0 Å². The molecular weight excluding hydrogens is 434 g/mol. The van der Waals surface area contributed by atoms with Gasteiger partial charge in [-0.1, -0.05) is 19.8 Å². The maximum absolute atomic E-state index is 13.4. The molecule has 0 saturated heterocycles. The number of rotatable bonds is 6. The average molecular weight is 464 g/mol. The summed E-state index contributed by atoms with van der Waals surface area (Å²) in [5.74, 6) is 1.36. The Labute approximate surface area is 198 Å². The van der Waals surface area contributed by atoms with Crippen molar-refractivity contribution in [2.45, 2.75) is 58.5 Å². The van der Waals surface area contributed by atoms with Gasteiger partial charge < -0.3 is 18.6 Å². The van der Waals surface area contributed by atoms with Crippen molar-refractivity contribution < 1.29 is 23.4 Å². The lowest BCUT2D eigenvalue weighted by atomic mass is 10.1. The van der Waals surface area contributed by atoms with Gasteiger partial charge in [0, 0.05) is 12.6 Å². The van der Waals surface area contributed by atoms with Crippen molar-refractivity contribution in [3.05, 3.63) is 63.5 Å². The van der Waals surface area contributed by atoms with Gasteiger partial charge in [-0.05, 0) is 62.6 Å². The van der Waals surface area contributed by atoms with E-state index in [1.54, 1.807) is 37.3 Å². The lowest BCUT2D eigenvalue weighted by molar-refractivity contribution is 0.0505. The van der Waals surface area contributed by atoms with Crippen molar-refractivity contribution in [1.82, 2.24) is 4.90 Å². The first kappa shape index (κ1) is 22.5. The number of esters is 1. The zero-order valence-electron chi connectivity index (χ0n) is 19.6. The molecule has 0 spiro atoms. The number of carbonyl (C=O) groups excluding carboxylic acids is 1. The summed E-state index contributed by atoms with van der Waals surface area (Å²) in [4.78, 5) is 27.7. The molecule has 2 aliphatic rings. The van der Waals surface area contributed by atoms with Gasteiger partial charge in [0.05, 0.1) is 23.1 Å². The van der Waals surface area contributed by atoms with Gasteiger partial charge in [0.1, 0.15) is 29.6 Å². The molecule has 34 heavy (non-hydrogen) atoms. The number of fused-ring (bicyclic) bond motifs is 3. The molecular formula is C27H29NO6. The van der Waals surface area contributed by atoms with Gasteiger partial charge >= 0.3 is 5.97 Å². The van der Waals surface area contributed by atoms with Crippen LogP contribution in [0.2, 0.25) is 0 Å². The molecule has 3 aromatic rings. The first-order valence-corrected chi connectivity index (χ1v) is 12.0. The Morgan fingerprint density at radius 3 is 2.62 bits per heavy atom. The van der Waals surface area contributed by atoms with Crippen LogP contribution in [-0.2, 0) is 11.3 Å². The third-order valence-corrected chi connectivity index (χ3v) is 6.58. The molecule has 0 N–H and O–H groups in total. The fraction of sp³-hybridized carbons (Fsp3) is 0.407. The molecule has 5 rings (SSSR count). The van der Waals surface area contributed by atoms with E-state index in [4.69, 9.17) is 18.6 Å². The van der Waals surface area contributed by atoms with Crippen molar-refractivity contribution in [3.8, 4) is 17.2 Å². The molecule has 7 nitrogen and oxygen atoms in total. The Hall–Kier alpha value is -3.32. The van der Waals surface area contributed by atoms with E-state index in [1.165, 1.54) is 25.7 Å². The fourth-order valence-electron chi connectivity index (χ4n) is 4.75. The van der Waals surface area contributed by atoms with E-state index in [2.05, 4.69) is 4.90 Å². The molecule has 2 heterocycles. The molecule has 0 atom stereocenters. The Bertz CT molecular complexity index is 1260. The Kier molecular flexibility index (Phi) is 6.28. The van der Waals surface area contributed by atoms with Crippen molar-refractivity contribution in [3.63, 3.8) is 0 Å². The molecule has 2 aromatic carbocycles. The smallest absolute Gasteiger partial charge is 0.338 e. The summed E-state index contributed by atoms with van der Waals surface area (Å²) >= 11 is 0. The molecule has 1 aliphatic carbocycles. The third-order valence-electron chi connectivity index (χ3n) is 6.58. The number of aryl methyl sites for hydroxylation is 1. The third kappa shape index (κ3) is 4.28. The predicted molar refractivity (Wildman–Crippen MR) is 128 cm³/mol. The van der Waals surface area contributed by atoms with E-state index in [0.717, 1.165) is 17.7 Å². The van der Waals surface area contributed by atoms with E-state index in [-0.39, 0.29) is 17.1 Å². The van der Waals surface area contributed by atoms with Gasteiger partial charge in [-0.3, -0.25) is 9.69 Å². The number of benzene rings is 2. The second-order valence-corrected chi connectivity index (χ2v) is 8.96. The van der Waals surface area contributed by atoms with E-state index < -0.39 is 0 Å². The summed E-state index contributed by atoms with van der Waals surface area (Å²) in [6, 6.07) is 10.6. The highest BCUT2D eigenvalue weighted by atomic mass is 16.5. The van der Waals surface area contributed by atoms with E-state index in [1.807, 2.05) is 13.0 Å². The van der Waals surface area contributed by atoms with Crippen LogP contribution in [0.5, 0.6) is 17.2 Å². The van der Waals surface area contributed by atoms with Crippen LogP contribution in [0.4, 0.5) is 0 Å². The van der Waals surface area contributed by atoms with Crippen LogP contribution in [0.3, 0.4) is 0 Å². The minimum absolute atomic E-state index is 0.137. The van der Waals surface area contributed by atoms with Gasteiger partial charge in [-0.25, -0.2) is 4.79 Å². The average Bonchev–Trinajstić information content (AvgIpc) is 3.40. The Balaban J connectivity index is 1.42.